The fourth-order valence-corrected chi connectivity index (χ4v) is 5.56. The minimum absolute atomic E-state index is 0.672. The van der Waals surface area contributed by atoms with Crippen molar-refractivity contribution in [2.45, 2.75) is 11.8 Å². The molecule has 2 aliphatic heterocycles. The fraction of sp³-hybridized carbons (Fsp3) is 0.667. The minimum atomic E-state index is 0.672. The highest BCUT2D eigenvalue weighted by molar-refractivity contribution is 8.06. The van der Waals surface area contributed by atoms with Crippen LogP contribution in [0, 0.1) is 0 Å². The van der Waals surface area contributed by atoms with Crippen molar-refractivity contribution in [2.75, 3.05) is 37.0 Å². The first-order chi connectivity index (χ1) is 8.93. The van der Waals surface area contributed by atoms with E-state index in [2.05, 4.69) is 34.2 Å². The molecule has 0 amide bonds. The van der Waals surface area contributed by atoms with E-state index in [1.165, 1.54) is 22.1 Å². The molecule has 1 aromatic rings. The van der Waals surface area contributed by atoms with Gasteiger partial charge in [-0.1, -0.05) is 0 Å². The van der Waals surface area contributed by atoms with E-state index in [-0.39, 0.29) is 0 Å². The van der Waals surface area contributed by atoms with Crippen LogP contribution in [0.1, 0.15) is 4.88 Å². The Balaban J connectivity index is 1.49. The van der Waals surface area contributed by atoms with Crippen molar-refractivity contribution in [2.24, 2.45) is 0 Å². The quantitative estimate of drug-likeness (QED) is 0.923. The molecule has 0 saturated carbocycles. The molecule has 1 saturated heterocycles. The maximum Gasteiger partial charge on any atom is 0.176 e. The molecule has 1 atom stereocenters. The van der Waals surface area contributed by atoms with Crippen molar-refractivity contribution >= 4 is 34.9 Å². The van der Waals surface area contributed by atoms with Crippen molar-refractivity contribution in [3.63, 3.8) is 0 Å². The second-order valence-corrected chi connectivity index (χ2v) is 7.77. The van der Waals surface area contributed by atoms with Crippen LogP contribution in [0.2, 0.25) is 0 Å². The second-order valence-electron chi connectivity index (χ2n) is 4.25. The number of fused-ring (bicyclic) bond motifs is 1. The molecule has 3 rings (SSSR count). The molecule has 0 aliphatic carbocycles. The summed E-state index contributed by atoms with van der Waals surface area (Å²) in [6.45, 7) is 3.33. The van der Waals surface area contributed by atoms with Crippen LogP contribution in [0.4, 0.5) is 0 Å². The van der Waals surface area contributed by atoms with Gasteiger partial charge in [-0.3, -0.25) is 0 Å². The van der Waals surface area contributed by atoms with Gasteiger partial charge in [-0.2, -0.15) is 23.5 Å². The zero-order valence-corrected chi connectivity index (χ0v) is 12.6. The van der Waals surface area contributed by atoms with Gasteiger partial charge in [-0.15, -0.1) is 11.3 Å². The van der Waals surface area contributed by atoms with E-state index in [1.807, 2.05) is 0 Å². The molecule has 1 fully saturated rings. The van der Waals surface area contributed by atoms with Crippen molar-refractivity contribution in [1.29, 1.82) is 0 Å². The maximum absolute atomic E-state index is 5.67. The van der Waals surface area contributed by atoms with Crippen LogP contribution in [0.3, 0.4) is 0 Å². The van der Waals surface area contributed by atoms with E-state index in [9.17, 15) is 0 Å². The zero-order valence-electron chi connectivity index (χ0n) is 10.1. The largest absolute Gasteiger partial charge is 0.485 e. The van der Waals surface area contributed by atoms with E-state index >= 15 is 0 Å². The lowest BCUT2D eigenvalue weighted by molar-refractivity contribution is 0.172. The topological polar surface area (TPSA) is 30.5 Å². The molecule has 0 radical (unpaired) electrons. The lowest BCUT2D eigenvalue weighted by atomic mass is 10.3. The summed E-state index contributed by atoms with van der Waals surface area (Å²) >= 11 is 5.89. The number of thioether (sulfide) groups is 2. The van der Waals surface area contributed by atoms with Crippen LogP contribution in [0.5, 0.6) is 11.5 Å². The first kappa shape index (κ1) is 13.0. The number of rotatable bonds is 4. The van der Waals surface area contributed by atoms with Crippen LogP contribution in [0.25, 0.3) is 0 Å². The Hall–Kier alpha value is -0.0400. The molecular formula is C12H17NO2S3. The standard InChI is InChI=1S/C12H17NO2S3/c1-2-15-12-10(14-1)8-18-11(12)6-13-5-9-7-16-3-4-17-9/h8-9,13H,1-7H2. The van der Waals surface area contributed by atoms with Crippen molar-refractivity contribution in [3.05, 3.63) is 10.3 Å². The van der Waals surface area contributed by atoms with Gasteiger partial charge in [0, 0.05) is 41.0 Å². The highest BCUT2D eigenvalue weighted by Gasteiger charge is 2.19. The summed E-state index contributed by atoms with van der Waals surface area (Å²) < 4.78 is 11.2. The third-order valence-corrected chi connectivity index (χ3v) is 6.71. The van der Waals surface area contributed by atoms with Crippen molar-refractivity contribution in [1.82, 2.24) is 5.32 Å². The molecule has 100 valence electrons. The molecule has 1 N–H and O–H groups in total. The number of thiophene rings is 1. The summed E-state index contributed by atoms with van der Waals surface area (Å²) in [5, 5.41) is 6.36. The first-order valence-corrected chi connectivity index (χ1v) is 9.28. The van der Waals surface area contributed by atoms with Crippen LogP contribution < -0.4 is 14.8 Å². The summed E-state index contributed by atoms with van der Waals surface area (Å²) in [5.74, 6) is 5.77. The average molecular weight is 303 g/mol. The average Bonchev–Trinajstić information content (AvgIpc) is 2.84. The normalized spacial score (nSPS) is 23.0. The monoisotopic (exact) mass is 303 g/mol. The lowest BCUT2D eigenvalue weighted by Gasteiger charge is -2.21. The predicted octanol–water partition coefficient (Wildman–Crippen LogP) is 2.46. The highest BCUT2D eigenvalue weighted by Crippen LogP contribution is 2.39. The van der Waals surface area contributed by atoms with E-state index in [0.717, 1.165) is 29.8 Å². The highest BCUT2D eigenvalue weighted by atomic mass is 32.2. The van der Waals surface area contributed by atoms with Crippen LogP contribution in [0.15, 0.2) is 5.38 Å². The van der Waals surface area contributed by atoms with Crippen LogP contribution in [-0.2, 0) is 6.54 Å². The van der Waals surface area contributed by atoms with Gasteiger partial charge in [0.2, 0.25) is 0 Å². The lowest BCUT2D eigenvalue weighted by Crippen LogP contribution is -2.28. The second kappa shape index (κ2) is 6.41. The summed E-state index contributed by atoms with van der Waals surface area (Å²) in [5.41, 5.74) is 0. The molecular weight excluding hydrogens is 286 g/mol. The first-order valence-electron chi connectivity index (χ1n) is 6.19. The molecule has 2 aliphatic rings. The maximum atomic E-state index is 5.67. The Morgan fingerprint density at radius 3 is 3.11 bits per heavy atom. The fourth-order valence-electron chi connectivity index (χ4n) is 2.04. The molecule has 18 heavy (non-hydrogen) atoms. The Morgan fingerprint density at radius 2 is 2.22 bits per heavy atom. The van der Waals surface area contributed by atoms with Crippen LogP contribution >= 0.6 is 34.9 Å². The predicted molar refractivity (Wildman–Crippen MR) is 80.6 cm³/mol. The minimum Gasteiger partial charge on any atom is -0.485 e. The summed E-state index contributed by atoms with van der Waals surface area (Å²) in [7, 11) is 0. The Bertz CT molecular complexity index is 391. The smallest absolute Gasteiger partial charge is 0.176 e. The summed E-state index contributed by atoms with van der Waals surface area (Å²) in [4.78, 5) is 1.26. The SMILES string of the molecule is c1sc(CNCC2CSCCS2)c2c1OCCO2. The Morgan fingerprint density at radius 1 is 1.28 bits per heavy atom. The molecule has 0 bridgehead atoms. The van der Waals surface area contributed by atoms with E-state index < -0.39 is 0 Å². The van der Waals surface area contributed by atoms with Gasteiger partial charge in [0.1, 0.15) is 13.2 Å². The number of ether oxygens (including phenoxy) is 2. The zero-order chi connectivity index (χ0) is 12.2. The molecule has 3 nitrogen and oxygen atoms in total. The Labute approximate surface area is 120 Å². The number of hydrogen-bond donors (Lipinski definition) is 1. The van der Waals surface area contributed by atoms with E-state index in [0.29, 0.717) is 13.2 Å². The molecule has 0 spiro atoms. The van der Waals surface area contributed by atoms with E-state index in [1.54, 1.807) is 11.3 Å². The molecule has 3 heterocycles. The molecule has 6 heteroatoms. The van der Waals surface area contributed by atoms with Crippen LogP contribution in [-0.4, -0.2) is 42.3 Å². The van der Waals surface area contributed by atoms with Gasteiger partial charge < -0.3 is 14.8 Å². The van der Waals surface area contributed by atoms with E-state index in [4.69, 9.17) is 9.47 Å². The summed E-state index contributed by atoms with van der Waals surface area (Å²) in [6, 6.07) is 0. The van der Waals surface area contributed by atoms with Crippen molar-refractivity contribution < 1.29 is 9.47 Å². The van der Waals surface area contributed by atoms with Gasteiger partial charge in [0.25, 0.3) is 0 Å². The van der Waals surface area contributed by atoms with Gasteiger partial charge in [0.15, 0.2) is 11.5 Å². The van der Waals surface area contributed by atoms with Crippen molar-refractivity contribution in [3.8, 4) is 11.5 Å². The van der Waals surface area contributed by atoms with Gasteiger partial charge in [0.05, 0.1) is 4.88 Å². The number of hydrogen-bond acceptors (Lipinski definition) is 6. The van der Waals surface area contributed by atoms with Gasteiger partial charge >= 0.3 is 0 Å². The molecule has 0 aromatic carbocycles. The number of nitrogens with one attached hydrogen (secondary N) is 1. The molecule has 1 unspecified atom stereocenters. The van der Waals surface area contributed by atoms with Gasteiger partial charge in [-0.05, 0) is 0 Å². The molecule has 1 aromatic heterocycles. The third kappa shape index (κ3) is 3.10. The van der Waals surface area contributed by atoms with Gasteiger partial charge in [-0.25, -0.2) is 0 Å². The Kier molecular flexibility index (Phi) is 4.62. The summed E-state index contributed by atoms with van der Waals surface area (Å²) in [6.07, 6.45) is 0. The third-order valence-electron chi connectivity index (χ3n) is 2.92.